The Morgan fingerprint density at radius 2 is 1.24 bits per heavy atom. The van der Waals surface area contributed by atoms with Gasteiger partial charge in [-0.2, -0.15) is 0 Å². The Morgan fingerprint density at radius 1 is 0.549 bits per heavy atom. The topological polar surface area (TPSA) is 56.7 Å². The number of allylic oxidation sites excluding steroid dienone is 1. The summed E-state index contributed by atoms with van der Waals surface area (Å²) in [6.45, 7) is 0. The van der Waals surface area contributed by atoms with E-state index in [4.69, 9.17) is 19.4 Å². The Bertz CT molecular complexity index is 2990. The van der Waals surface area contributed by atoms with E-state index in [1.54, 1.807) is 0 Å². The van der Waals surface area contributed by atoms with Crippen LogP contribution in [0.1, 0.15) is 16.9 Å². The van der Waals surface area contributed by atoms with Crippen molar-refractivity contribution in [3.05, 3.63) is 150 Å². The van der Waals surface area contributed by atoms with Crippen molar-refractivity contribution in [1.29, 1.82) is 0 Å². The number of aromatic nitrogens is 4. The van der Waals surface area contributed by atoms with E-state index in [1.807, 2.05) is 35.6 Å². The number of aryl methyl sites for hydroxylation is 1. The molecule has 0 saturated heterocycles. The summed E-state index contributed by atoms with van der Waals surface area (Å²) in [6.07, 6.45) is 6.71. The number of thiophene rings is 1. The molecular weight excluding hydrogens is 645 g/mol. The molecule has 6 heteroatoms. The summed E-state index contributed by atoms with van der Waals surface area (Å²) >= 11 is 1.84. The third-order valence-corrected chi connectivity index (χ3v) is 11.3. The van der Waals surface area contributed by atoms with Gasteiger partial charge in [0.2, 0.25) is 0 Å². The molecule has 0 saturated carbocycles. The van der Waals surface area contributed by atoms with Gasteiger partial charge < -0.3 is 8.98 Å². The zero-order valence-corrected chi connectivity index (χ0v) is 28.2. The quantitative estimate of drug-likeness (QED) is 0.187. The molecule has 4 aromatic heterocycles. The van der Waals surface area contributed by atoms with Crippen LogP contribution in [0.2, 0.25) is 0 Å². The molecule has 6 aromatic carbocycles. The summed E-state index contributed by atoms with van der Waals surface area (Å²) in [5, 5.41) is 5.85. The van der Waals surface area contributed by atoms with E-state index in [1.165, 1.54) is 31.3 Å². The third kappa shape index (κ3) is 4.43. The van der Waals surface area contributed by atoms with Crippen LogP contribution in [0.3, 0.4) is 0 Å². The molecule has 0 atom stereocenters. The average molecular weight is 673 g/mol. The molecule has 11 rings (SSSR count). The number of benzene rings is 6. The Kier molecular flexibility index (Phi) is 6.18. The van der Waals surface area contributed by atoms with E-state index in [-0.39, 0.29) is 0 Å². The Morgan fingerprint density at radius 3 is 2.02 bits per heavy atom. The predicted octanol–water partition coefficient (Wildman–Crippen LogP) is 12.0. The van der Waals surface area contributed by atoms with E-state index in [2.05, 4.69) is 126 Å². The fourth-order valence-electron chi connectivity index (χ4n) is 7.78. The Hall–Kier alpha value is -6.37. The summed E-state index contributed by atoms with van der Waals surface area (Å²) in [6, 6.07) is 46.6. The van der Waals surface area contributed by atoms with Crippen LogP contribution in [0.5, 0.6) is 0 Å². The van der Waals surface area contributed by atoms with Gasteiger partial charge in [-0.1, -0.05) is 91.0 Å². The standard InChI is InChI=1S/C45H28N4OS/c1-2-11-27(12-3-1)43-46-44(48-45(47-43)29-21-23-33-32-15-6-9-20-40(32)51-41(33)26-29)28-22-24-38-34(25-28)42-37(18-10-19-39(42)50-38)49-35-16-7-4-13-30(35)31-14-5-8-17-36(31)49/h1-5,7-14,16-26H,6,15H2. The first-order chi connectivity index (χ1) is 25.3. The van der Waals surface area contributed by atoms with Gasteiger partial charge in [-0.05, 0) is 78.4 Å². The number of rotatable bonds is 4. The molecule has 1 aliphatic rings. The van der Waals surface area contributed by atoms with Gasteiger partial charge >= 0.3 is 0 Å². The highest BCUT2D eigenvalue weighted by molar-refractivity contribution is 7.20. The lowest BCUT2D eigenvalue weighted by Gasteiger charge is -2.10. The second-order valence-electron chi connectivity index (χ2n) is 13.1. The van der Waals surface area contributed by atoms with Gasteiger partial charge in [-0.15, -0.1) is 11.3 Å². The van der Waals surface area contributed by atoms with Gasteiger partial charge in [0.15, 0.2) is 17.5 Å². The van der Waals surface area contributed by atoms with Crippen molar-refractivity contribution in [3.63, 3.8) is 0 Å². The molecule has 10 aromatic rings. The maximum Gasteiger partial charge on any atom is 0.164 e. The lowest BCUT2D eigenvalue weighted by molar-refractivity contribution is 0.669. The monoisotopic (exact) mass is 672 g/mol. The van der Waals surface area contributed by atoms with Crippen molar-refractivity contribution in [2.75, 3.05) is 0 Å². The number of para-hydroxylation sites is 2. The molecule has 1 aliphatic carbocycles. The van der Waals surface area contributed by atoms with Crippen molar-refractivity contribution in [2.24, 2.45) is 0 Å². The Balaban J connectivity index is 1.12. The van der Waals surface area contributed by atoms with Crippen molar-refractivity contribution in [2.45, 2.75) is 12.8 Å². The number of furan rings is 1. The van der Waals surface area contributed by atoms with Gasteiger partial charge in [0.1, 0.15) is 11.2 Å². The summed E-state index contributed by atoms with van der Waals surface area (Å²) in [5.74, 6) is 1.93. The summed E-state index contributed by atoms with van der Waals surface area (Å²) in [7, 11) is 0. The van der Waals surface area contributed by atoms with Crippen LogP contribution >= 0.6 is 11.3 Å². The molecule has 0 radical (unpaired) electrons. The molecule has 0 fully saturated rings. The first kappa shape index (κ1) is 28.5. The molecule has 0 aliphatic heterocycles. The largest absolute Gasteiger partial charge is 0.456 e. The molecular formula is C45H28N4OS. The van der Waals surface area contributed by atoms with Crippen LogP contribution in [0, 0.1) is 0 Å². The maximum atomic E-state index is 6.50. The predicted molar refractivity (Wildman–Crippen MR) is 210 cm³/mol. The van der Waals surface area contributed by atoms with Crippen molar-refractivity contribution < 1.29 is 4.42 Å². The molecule has 0 bridgehead atoms. The van der Waals surface area contributed by atoms with E-state index >= 15 is 0 Å². The molecule has 0 amide bonds. The van der Waals surface area contributed by atoms with Crippen LogP contribution in [-0.2, 0) is 6.42 Å². The minimum absolute atomic E-state index is 0.623. The van der Waals surface area contributed by atoms with Crippen LogP contribution in [0.25, 0.3) is 99.8 Å². The lowest BCUT2D eigenvalue weighted by atomic mass is 10.0. The molecule has 0 N–H and O–H groups in total. The summed E-state index contributed by atoms with van der Waals surface area (Å²) in [4.78, 5) is 16.6. The SMILES string of the molecule is C1=Cc2sc3cc(-c4nc(-c5ccccc5)nc(-c5ccc6oc7cccc(-n8c9ccccc9c9ccccc98)c7c6c5)n4)ccc3c2CC1. The number of hydrogen-bond donors (Lipinski definition) is 0. The van der Waals surface area contributed by atoms with Crippen LogP contribution in [0.4, 0.5) is 0 Å². The first-order valence-electron chi connectivity index (χ1n) is 17.2. The normalized spacial score (nSPS) is 12.9. The molecule has 0 unspecified atom stereocenters. The minimum Gasteiger partial charge on any atom is -0.456 e. The van der Waals surface area contributed by atoms with Gasteiger partial charge in [-0.25, -0.2) is 15.0 Å². The highest BCUT2D eigenvalue weighted by Gasteiger charge is 2.20. The summed E-state index contributed by atoms with van der Waals surface area (Å²) in [5.41, 5.74) is 9.33. The molecule has 240 valence electrons. The second kappa shape index (κ2) is 11.1. The fourth-order valence-corrected chi connectivity index (χ4v) is 9.01. The van der Waals surface area contributed by atoms with Crippen LogP contribution < -0.4 is 0 Å². The number of fused-ring (bicyclic) bond motifs is 9. The van der Waals surface area contributed by atoms with Crippen molar-refractivity contribution in [1.82, 2.24) is 19.5 Å². The smallest absolute Gasteiger partial charge is 0.164 e. The van der Waals surface area contributed by atoms with E-state index < -0.39 is 0 Å². The number of hydrogen-bond acceptors (Lipinski definition) is 5. The number of nitrogens with zero attached hydrogens (tertiary/aromatic N) is 4. The van der Waals surface area contributed by atoms with Crippen molar-refractivity contribution >= 4 is 71.2 Å². The van der Waals surface area contributed by atoms with Gasteiger partial charge in [0.05, 0.1) is 22.1 Å². The molecule has 5 nitrogen and oxygen atoms in total. The highest BCUT2D eigenvalue weighted by Crippen LogP contribution is 2.41. The molecule has 0 spiro atoms. The van der Waals surface area contributed by atoms with E-state index in [9.17, 15) is 0 Å². The molecule has 4 heterocycles. The maximum absolute atomic E-state index is 6.50. The lowest BCUT2D eigenvalue weighted by Crippen LogP contribution is -2.00. The van der Waals surface area contributed by atoms with Crippen LogP contribution in [0.15, 0.2) is 144 Å². The highest BCUT2D eigenvalue weighted by atomic mass is 32.1. The van der Waals surface area contributed by atoms with Gasteiger partial charge in [0, 0.05) is 42.4 Å². The first-order valence-corrected chi connectivity index (χ1v) is 18.1. The van der Waals surface area contributed by atoms with E-state index in [0.717, 1.165) is 68.2 Å². The third-order valence-electron chi connectivity index (χ3n) is 10.1. The van der Waals surface area contributed by atoms with Gasteiger partial charge in [0.25, 0.3) is 0 Å². The van der Waals surface area contributed by atoms with Crippen LogP contribution in [-0.4, -0.2) is 19.5 Å². The fraction of sp³-hybridized carbons (Fsp3) is 0.0444. The van der Waals surface area contributed by atoms with E-state index in [0.29, 0.717) is 17.5 Å². The second-order valence-corrected chi connectivity index (χ2v) is 14.2. The van der Waals surface area contributed by atoms with Crippen molar-refractivity contribution in [3.8, 4) is 39.9 Å². The average Bonchev–Trinajstić information content (AvgIpc) is 3.87. The molecule has 51 heavy (non-hydrogen) atoms. The van der Waals surface area contributed by atoms with Gasteiger partial charge in [-0.3, -0.25) is 0 Å². The minimum atomic E-state index is 0.623. The zero-order chi connectivity index (χ0) is 33.5. The summed E-state index contributed by atoms with van der Waals surface area (Å²) < 4.78 is 10.1. The zero-order valence-electron chi connectivity index (χ0n) is 27.4. The Labute approximate surface area is 296 Å².